The molecule has 1 aliphatic heterocycles. The van der Waals surface area contributed by atoms with Crippen LogP contribution in [0.2, 0.25) is 0 Å². The molecular formula is C15H24N2O. The van der Waals surface area contributed by atoms with Gasteiger partial charge in [-0.3, -0.25) is 0 Å². The smallest absolute Gasteiger partial charge is 0.0741 e. The molecule has 1 aromatic rings. The van der Waals surface area contributed by atoms with Crippen molar-refractivity contribution in [2.24, 2.45) is 5.92 Å². The lowest BCUT2D eigenvalue weighted by Crippen LogP contribution is -2.43. The maximum absolute atomic E-state index is 10.0. The number of aliphatic hydroxyl groups is 1. The van der Waals surface area contributed by atoms with Crippen LogP contribution >= 0.6 is 0 Å². The Morgan fingerprint density at radius 3 is 2.89 bits per heavy atom. The van der Waals surface area contributed by atoms with Crippen LogP contribution in [0, 0.1) is 12.8 Å². The van der Waals surface area contributed by atoms with Gasteiger partial charge in [0.1, 0.15) is 0 Å². The molecule has 0 radical (unpaired) electrons. The highest BCUT2D eigenvalue weighted by atomic mass is 16.3. The van der Waals surface area contributed by atoms with E-state index in [-0.39, 0.29) is 6.10 Å². The summed E-state index contributed by atoms with van der Waals surface area (Å²) in [5, 5.41) is 13.2. The SMILES string of the molecule is CNCc1cc(C)ccc1N1CCC(C)C(O)C1. The fraction of sp³-hybridized carbons (Fsp3) is 0.600. The minimum absolute atomic E-state index is 0.206. The zero-order valence-corrected chi connectivity index (χ0v) is 11.6. The van der Waals surface area contributed by atoms with Crippen LogP contribution in [-0.2, 0) is 6.54 Å². The molecule has 1 aliphatic rings. The number of rotatable bonds is 3. The number of β-amino-alcohol motifs (C(OH)–C–C–N with tert-alkyl or cyclic N) is 1. The molecule has 1 fully saturated rings. The van der Waals surface area contributed by atoms with Gasteiger partial charge in [-0.1, -0.05) is 24.6 Å². The van der Waals surface area contributed by atoms with E-state index in [0.717, 1.165) is 26.1 Å². The first kappa shape index (κ1) is 13.4. The molecule has 0 saturated carbocycles. The highest BCUT2D eigenvalue weighted by molar-refractivity contribution is 5.55. The predicted molar refractivity (Wildman–Crippen MR) is 75.9 cm³/mol. The molecule has 18 heavy (non-hydrogen) atoms. The lowest BCUT2D eigenvalue weighted by Gasteiger charge is -2.37. The molecule has 0 aliphatic carbocycles. The molecule has 3 nitrogen and oxygen atoms in total. The molecule has 0 aromatic heterocycles. The second kappa shape index (κ2) is 5.72. The molecule has 1 heterocycles. The summed E-state index contributed by atoms with van der Waals surface area (Å²) in [5.74, 6) is 0.416. The van der Waals surface area contributed by atoms with Gasteiger partial charge in [0.15, 0.2) is 0 Å². The van der Waals surface area contributed by atoms with Crippen LogP contribution in [0.5, 0.6) is 0 Å². The number of hydrogen-bond donors (Lipinski definition) is 2. The average molecular weight is 248 g/mol. The summed E-state index contributed by atoms with van der Waals surface area (Å²) in [6.45, 7) is 6.92. The Labute approximate surface area is 110 Å². The third-order valence-corrected chi connectivity index (χ3v) is 3.86. The Morgan fingerprint density at radius 2 is 2.22 bits per heavy atom. The topological polar surface area (TPSA) is 35.5 Å². The zero-order valence-electron chi connectivity index (χ0n) is 11.6. The van der Waals surface area contributed by atoms with Gasteiger partial charge < -0.3 is 15.3 Å². The van der Waals surface area contributed by atoms with Gasteiger partial charge in [-0.2, -0.15) is 0 Å². The minimum Gasteiger partial charge on any atom is -0.391 e. The Bertz CT molecular complexity index is 405. The number of nitrogens with one attached hydrogen (secondary N) is 1. The summed E-state index contributed by atoms with van der Waals surface area (Å²) >= 11 is 0. The number of aliphatic hydroxyl groups excluding tert-OH is 1. The van der Waals surface area contributed by atoms with Crippen LogP contribution in [0.4, 0.5) is 5.69 Å². The van der Waals surface area contributed by atoms with Crippen LogP contribution in [0.25, 0.3) is 0 Å². The quantitative estimate of drug-likeness (QED) is 0.858. The summed E-state index contributed by atoms with van der Waals surface area (Å²) < 4.78 is 0. The van der Waals surface area contributed by atoms with Gasteiger partial charge in [-0.05, 0) is 37.9 Å². The number of hydrogen-bond acceptors (Lipinski definition) is 3. The van der Waals surface area contributed by atoms with Crippen molar-refractivity contribution in [1.29, 1.82) is 0 Å². The van der Waals surface area contributed by atoms with Gasteiger partial charge >= 0.3 is 0 Å². The van der Waals surface area contributed by atoms with E-state index >= 15 is 0 Å². The monoisotopic (exact) mass is 248 g/mol. The van der Waals surface area contributed by atoms with Crippen molar-refractivity contribution >= 4 is 5.69 Å². The van der Waals surface area contributed by atoms with Gasteiger partial charge in [0.25, 0.3) is 0 Å². The molecular weight excluding hydrogens is 224 g/mol. The fourth-order valence-corrected chi connectivity index (χ4v) is 2.62. The van der Waals surface area contributed by atoms with Crippen molar-refractivity contribution in [3.05, 3.63) is 29.3 Å². The fourth-order valence-electron chi connectivity index (χ4n) is 2.62. The summed E-state index contributed by atoms with van der Waals surface area (Å²) in [6, 6.07) is 6.57. The van der Waals surface area contributed by atoms with E-state index in [2.05, 4.69) is 42.3 Å². The molecule has 2 unspecified atom stereocenters. The average Bonchev–Trinajstić information content (AvgIpc) is 2.34. The van der Waals surface area contributed by atoms with Gasteiger partial charge in [-0.25, -0.2) is 0 Å². The highest BCUT2D eigenvalue weighted by Crippen LogP contribution is 2.27. The first-order valence-corrected chi connectivity index (χ1v) is 6.79. The molecule has 1 saturated heterocycles. The van der Waals surface area contributed by atoms with Crippen molar-refractivity contribution in [1.82, 2.24) is 5.32 Å². The van der Waals surface area contributed by atoms with E-state index in [4.69, 9.17) is 0 Å². The second-order valence-corrected chi connectivity index (χ2v) is 5.44. The standard InChI is InChI=1S/C15H24N2O/c1-11-4-5-14(13(8-11)9-16-3)17-7-6-12(2)15(18)10-17/h4-5,8,12,15-16,18H,6-7,9-10H2,1-3H3. The Balaban J connectivity index is 2.22. The van der Waals surface area contributed by atoms with E-state index in [1.54, 1.807) is 0 Å². The Hall–Kier alpha value is -1.06. The van der Waals surface area contributed by atoms with Gasteiger partial charge in [0, 0.05) is 25.3 Å². The summed E-state index contributed by atoms with van der Waals surface area (Å²) in [7, 11) is 1.97. The molecule has 100 valence electrons. The summed E-state index contributed by atoms with van der Waals surface area (Å²) in [6.07, 6.45) is 0.857. The van der Waals surface area contributed by atoms with Crippen molar-refractivity contribution in [2.75, 3.05) is 25.0 Å². The second-order valence-electron chi connectivity index (χ2n) is 5.44. The van der Waals surface area contributed by atoms with Crippen molar-refractivity contribution < 1.29 is 5.11 Å². The number of anilines is 1. The number of piperidine rings is 1. The van der Waals surface area contributed by atoms with E-state index in [0.29, 0.717) is 5.92 Å². The first-order chi connectivity index (χ1) is 8.61. The van der Waals surface area contributed by atoms with Crippen LogP contribution in [0.1, 0.15) is 24.5 Å². The Morgan fingerprint density at radius 1 is 1.44 bits per heavy atom. The maximum atomic E-state index is 10.0. The zero-order chi connectivity index (χ0) is 13.1. The van der Waals surface area contributed by atoms with Crippen LogP contribution in [0.15, 0.2) is 18.2 Å². The molecule has 1 aromatic carbocycles. The van der Waals surface area contributed by atoms with E-state index in [1.165, 1.54) is 16.8 Å². The lowest BCUT2D eigenvalue weighted by molar-refractivity contribution is 0.103. The third-order valence-electron chi connectivity index (χ3n) is 3.86. The van der Waals surface area contributed by atoms with Crippen molar-refractivity contribution in [2.45, 2.75) is 32.9 Å². The normalized spacial score (nSPS) is 24.3. The van der Waals surface area contributed by atoms with Crippen LogP contribution < -0.4 is 10.2 Å². The van der Waals surface area contributed by atoms with Gasteiger partial charge in [0.2, 0.25) is 0 Å². The molecule has 0 bridgehead atoms. The van der Waals surface area contributed by atoms with E-state index in [1.807, 2.05) is 7.05 Å². The number of nitrogens with zero attached hydrogens (tertiary/aromatic N) is 1. The first-order valence-electron chi connectivity index (χ1n) is 6.79. The van der Waals surface area contributed by atoms with Crippen LogP contribution in [-0.4, -0.2) is 31.3 Å². The van der Waals surface area contributed by atoms with Crippen LogP contribution in [0.3, 0.4) is 0 Å². The number of aryl methyl sites for hydroxylation is 1. The molecule has 0 amide bonds. The van der Waals surface area contributed by atoms with Crippen molar-refractivity contribution in [3.8, 4) is 0 Å². The Kier molecular flexibility index (Phi) is 4.25. The molecule has 2 atom stereocenters. The summed E-state index contributed by atoms with van der Waals surface area (Å²) in [4.78, 5) is 2.32. The largest absolute Gasteiger partial charge is 0.391 e. The highest BCUT2D eigenvalue weighted by Gasteiger charge is 2.25. The summed E-state index contributed by atoms with van der Waals surface area (Å²) in [5.41, 5.74) is 3.87. The van der Waals surface area contributed by atoms with Gasteiger partial charge in [0.05, 0.1) is 6.10 Å². The van der Waals surface area contributed by atoms with E-state index < -0.39 is 0 Å². The molecule has 3 heteroatoms. The number of benzene rings is 1. The minimum atomic E-state index is -0.206. The predicted octanol–water partition coefficient (Wildman–Crippen LogP) is 1.92. The molecule has 2 N–H and O–H groups in total. The van der Waals surface area contributed by atoms with Crippen molar-refractivity contribution in [3.63, 3.8) is 0 Å². The lowest BCUT2D eigenvalue weighted by atomic mass is 9.95. The third kappa shape index (κ3) is 2.85. The van der Waals surface area contributed by atoms with Gasteiger partial charge in [-0.15, -0.1) is 0 Å². The maximum Gasteiger partial charge on any atom is 0.0741 e. The van der Waals surface area contributed by atoms with E-state index in [9.17, 15) is 5.11 Å². The molecule has 0 spiro atoms. The molecule has 2 rings (SSSR count).